The van der Waals surface area contributed by atoms with Gasteiger partial charge in [-0.1, -0.05) is 23.2 Å². The highest BCUT2D eigenvalue weighted by atomic mass is 35.5. The van der Waals surface area contributed by atoms with Crippen LogP contribution in [0.15, 0.2) is 18.5 Å². The number of non-ortho nitro benzene ring substituents is 1. The van der Waals surface area contributed by atoms with Gasteiger partial charge in [0.1, 0.15) is 6.33 Å². The molecule has 0 bridgehead atoms. The van der Waals surface area contributed by atoms with Crippen molar-refractivity contribution in [3.8, 4) is 0 Å². The molecule has 0 radical (unpaired) electrons. The normalized spacial score (nSPS) is 10.5. The number of nitro benzene ring substituents is 1. The van der Waals surface area contributed by atoms with Crippen molar-refractivity contribution in [2.75, 3.05) is 5.32 Å². The lowest BCUT2D eigenvalue weighted by molar-refractivity contribution is -0.384. The standard InChI is InChI=1S/C10H9Cl2N5O2/c1-16-5-14-9(15-16)4-13-10-7(11)2-6(17(18)19)3-8(10)12/h2-3,5,13H,4H2,1H3. The van der Waals surface area contributed by atoms with Gasteiger partial charge in [-0.2, -0.15) is 5.10 Å². The highest BCUT2D eigenvalue weighted by Gasteiger charge is 2.14. The van der Waals surface area contributed by atoms with Crippen LogP contribution in [0.3, 0.4) is 0 Å². The zero-order valence-corrected chi connectivity index (χ0v) is 11.3. The Balaban J connectivity index is 2.18. The number of halogens is 2. The highest BCUT2D eigenvalue weighted by Crippen LogP contribution is 2.34. The molecule has 0 saturated carbocycles. The SMILES string of the molecule is Cn1cnc(CNc2c(Cl)cc([N+](=O)[O-])cc2Cl)n1. The first-order valence-electron chi connectivity index (χ1n) is 5.19. The maximum Gasteiger partial charge on any atom is 0.272 e. The second-order valence-corrected chi connectivity index (χ2v) is 4.54. The van der Waals surface area contributed by atoms with Gasteiger partial charge >= 0.3 is 0 Å². The fourth-order valence-corrected chi connectivity index (χ4v) is 2.08. The molecule has 0 atom stereocenters. The van der Waals surface area contributed by atoms with E-state index in [0.717, 1.165) is 0 Å². The molecular formula is C10H9Cl2N5O2. The Kier molecular flexibility index (Phi) is 3.87. The third kappa shape index (κ3) is 3.12. The Labute approximate surface area is 118 Å². The minimum Gasteiger partial charge on any atom is -0.375 e. The molecule has 1 aromatic heterocycles. The number of nitrogens with zero attached hydrogens (tertiary/aromatic N) is 4. The Morgan fingerprint density at radius 1 is 1.42 bits per heavy atom. The van der Waals surface area contributed by atoms with Crippen LogP contribution in [0, 0.1) is 10.1 Å². The number of hydrogen-bond donors (Lipinski definition) is 1. The van der Waals surface area contributed by atoms with Crippen LogP contribution in [-0.2, 0) is 13.6 Å². The summed E-state index contributed by atoms with van der Waals surface area (Å²) < 4.78 is 1.57. The summed E-state index contributed by atoms with van der Waals surface area (Å²) in [5.74, 6) is 0.563. The zero-order chi connectivity index (χ0) is 14.0. The lowest BCUT2D eigenvalue weighted by Gasteiger charge is -2.08. The molecular weight excluding hydrogens is 293 g/mol. The van der Waals surface area contributed by atoms with Gasteiger partial charge in [-0.3, -0.25) is 14.8 Å². The fraction of sp³-hybridized carbons (Fsp3) is 0.200. The predicted octanol–water partition coefficient (Wildman–Crippen LogP) is 2.64. The van der Waals surface area contributed by atoms with E-state index >= 15 is 0 Å². The second-order valence-electron chi connectivity index (χ2n) is 3.73. The first kappa shape index (κ1) is 13.6. The summed E-state index contributed by atoms with van der Waals surface area (Å²) in [5.41, 5.74) is 0.262. The summed E-state index contributed by atoms with van der Waals surface area (Å²) in [6.07, 6.45) is 1.57. The average molecular weight is 302 g/mol. The van der Waals surface area contributed by atoms with Crippen molar-refractivity contribution in [3.05, 3.63) is 44.4 Å². The maximum absolute atomic E-state index is 10.6. The Bertz CT molecular complexity index is 605. The molecule has 0 fully saturated rings. The summed E-state index contributed by atoms with van der Waals surface area (Å²) in [5, 5.41) is 18.0. The maximum atomic E-state index is 10.6. The molecule has 0 aliphatic heterocycles. The molecule has 0 unspecified atom stereocenters. The number of nitrogens with one attached hydrogen (secondary N) is 1. The lowest BCUT2D eigenvalue weighted by Crippen LogP contribution is -2.03. The highest BCUT2D eigenvalue weighted by molar-refractivity contribution is 6.39. The molecule has 0 aliphatic carbocycles. The summed E-state index contributed by atoms with van der Waals surface area (Å²) in [6.45, 7) is 0.318. The summed E-state index contributed by atoms with van der Waals surface area (Å²) >= 11 is 11.9. The van der Waals surface area contributed by atoms with Gasteiger partial charge in [0.05, 0.1) is 27.2 Å². The minimum atomic E-state index is -0.554. The smallest absolute Gasteiger partial charge is 0.272 e. The van der Waals surface area contributed by atoms with Gasteiger partial charge in [0, 0.05) is 19.2 Å². The summed E-state index contributed by atoms with van der Waals surface area (Å²) in [4.78, 5) is 14.1. The van der Waals surface area contributed by atoms with Crippen molar-refractivity contribution in [2.45, 2.75) is 6.54 Å². The number of nitro groups is 1. The molecule has 0 amide bonds. The molecule has 9 heteroatoms. The third-order valence-electron chi connectivity index (χ3n) is 2.31. The van der Waals surface area contributed by atoms with Gasteiger partial charge in [0.25, 0.3) is 5.69 Å². The number of benzene rings is 1. The largest absolute Gasteiger partial charge is 0.375 e. The quantitative estimate of drug-likeness (QED) is 0.693. The molecule has 2 aromatic rings. The van der Waals surface area contributed by atoms with Crippen LogP contribution in [0.1, 0.15) is 5.82 Å². The lowest BCUT2D eigenvalue weighted by atomic mass is 10.2. The number of aryl methyl sites for hydroxylation is 1. The van der Waals surface area contributed by atoms with Crippen molar-refractivity contribution in [2.24, 2.45) is 7.05 Å². The molecule has 100 valence electrons. The van der Waals surface area contributed by atoms with Crippen molar-refractivity contribution in [3.63, 3.8) is 0 Å². The Morgan fingerprint density at radius 3 is 2.53 bits per heavy atom. The molecule has 2 rings (SSSR count). The number of hydrogen-bond acceptors (Lipinski definition) is 5. The van der Waals surface area contributed by atoms with E-state index in [9.17, 15) is 10.1 Å². The Hall–Kier alpha value is -1.86. The molecule has 1 aromatic carbocycles. The van der Waals surface area contributed by atoms with Crippen LogP contribution in [-0.4, -0.2) is 19.7 Å². The van der Waals surface area contributed by atoms with Crippen LogP contribution in [0.4, 0.5) is 11.4 Å². The zero-order valence-electron chi connectivity index (χ0n) is 9.80. The van der Waals surface area contributed by atoms with Gasteiger partial charge in [-0.05, 0) is 0 Å². The van der Waals surface area contributed by atoms with E-state index in [1.54, 1.807) is 18.1 Å². The number of rotatable bonds is 4. The first-order chi connectivity index (χ1) is 8.97. The first-order valence-corrected chi connectivity index (χ1v) is 5.95. The van der Waals surface area contributed by atoms with Crippen LogP contribution >= 0.6 is 23.2 Å². The molecule has 1 N–H and O–H groups in total. The van der Waals surface area contributed by atoms with Crippen LogP contribution in [0.2, 0.25) is 10.0 Å². The minimum absolute atomic E-state index is 0.156. The summed E-state index contributed by atoms with van der Waals surface area (Å²) in [7, 11) is 1.75. The third-order valence-corrected chi connectivity index (χ3v) is 2.90. The molecule has 0 aliphatic rings. The van der Waals surface area contributed by atoms with E-state index in [1.807, 2.05) is 0 Å². The van der Waals surface area contributed by atoms with Gasteiger partial charge < -0.3 is 5.32 Å². The predicted molar refractivity (Wildman–Crippen MR) is 71.4 cm³/mol. The Morgan fingerprint density at radius 2 is 2.05 bits per heavy atom. The van der Waals surface area contributed by atoms with E-state index in [0.29, 0.717) is 18.1 Å². The van der Waals surface area contributed by atoms with E-state index in [4.69, 9.17) is 23.2 Å². The summed E-state index contributed by atoms with van der Waals surface area (Å²) in [6, 6.07) is 2.48. The van der Waals surface area contributed by atoms with Crippen LogP contribution in [0.25, 0.3) is 0 Å². The van der Waals surface area contributed by atoms with Crippen LogP contribution in [0.5, 0.6) is 0 Å². The monoisotopic (exact) mass is 301 g/mol. The second kappa shape index (κ2) is 5.41. The van der Waals surface area contributed by atoms with Crippen molar-refractivity contribution in [1.29, 1.82) is 0 Å². The average Bonchev–Trinajstić information content (AvgIpc) is 2.73. The van der Waals surface area contributed by atoms with Crippen LogP contribution < -0.4 is 5.32 Å². The molecule has 7 nitrogen and oxygen atoms in total. The van der Waals surface area contributed by atoms with Gasteiger partial charge in [0.2, 0.25) is 0 Å². The molecule has 1 heterocycles. The number of anilines is 1. The number of aromatic nitrogens is 3. The molecule has 19 heavy (non-hydrogen) atoms. The van der Waals surface area contributed by atoms with E-state index in [1.165, 1.54) is 12.1 Å². The molecule has 0 spiro atoms. The van der Waals surface area contributed by atoms with Gasteiger partial charge in [0.15, 0.2) is 5.82 Å². The molecule has 0 saturated heterocycles. The van der Waals surface area contributed by atoms with Gasteiger partial charge in [-0.25, -0.2) is 4.98 Å². The van der Waals surface area contributed by atoms with E-state index < -0.39 is 4.92 Å². The van der Waals surface area contributed by atoms with E-state index in [-0.39, 0.29) is 15.7 Å². The van der Waals surface area contributed by atoms with Crippen molar-refractivity contribution < 1.29 is 4.92 Å². The van der Waals surface area contributed by atoms with Crippen molar-refractivity contribution in [1.82, 2.24) is 14.8 Å². The fourth-order valence-electron chi connectivity index (χ4n) is 1.47. The van der Waals surface area contributed by atoms with Gasteiger partial charge in [-0.15, -0.1) is 0 Å². The topological polar surface area (TPSA) is 85.9 Å². The van der Waals surface area contributed by atoms with Crippen molar-refractivity contribution >= 4 is 34.6 Å². The van der Waals surface area contributed by atoms with E-state index in [2.05, 4.69) is 15.4 Å².